The van der Waals surface area contributed by atoms with Gasteiger partial charge in [-0.05, 0) is 46.6 Å². The van der Waals surface area contributed by atoms with Crippen LogP contribution in [0.2, 0.25) is 0 Å². The van der Waals surface area contributed by atoms with E-state index in [4.69, 9.17) is 4.74 Å². The van der Waals surface area contributed by atoms with Crippen LogP contribution in [0.3, 0.4) is 0 Å². The average molecular weight is 307 g/mol. The third-order valence-corrected chi connectivity index (χ3v) is 5.38. The Morgan fingerprint density at radius 2 is 2.32 bits per heavy atom. The van der Waals surface area contributed by atoms with Gasteiger partial charge in [-0.25, -0.2) is 4.98 Å². The van der Waals surface area contributed by atoms with Crippen molar-refractivity contribution in [1.82, 2.24) is 14.5 Å². The second kappa shape index (κ2) is 6.30. The zero-order valence-corrected chi connectivity index (χ0v) is 14.0. The zero-order chi connectivity index (χ0) is 15.7. The van der Waals surface area contributed by atoms with Gasteiger partial charge < -0.3 is 14.4 Å². The molecular weight excluding hydrogens is 278 g/mol. The van der Waals surface area contributed by atoms with Gasteiger partial charge in [-0.2, -0.15) is 0 Å². The highest BCUT2D eigenvalue weighted by molar-refractivity contribution is 5.00. The number of aromatic nitrogens is 2. The van der Waals surface area contributed by atoms with Crippen LogP contribution in [-0.2, 0) is 11.3 Å². The molecular formula is C17H29N3O2. The smallest absolute Gasteiger partial charge is 0.123 e. The molecule has 0 amide bonds. The molecule has 22 heavy (non-hydrogen) atoms. The Labute approximate surface area is 133 Å². The van der Waals surface area contributed by atoms with E-state index in [0.717, 1.165) is 31.8 Å². The van der Waals surface area contributed by atoms with Gasteiger partial charge in [0, 0.05) is 37.0 Å². The third kappa shape index (κ3) is 3.07. The van der Waals surface area contributed by atoms with Crippen LogP contribution in [0.4, 0.5) is 0 Å². The summed E-state index contributed by atoms with van der Waals surface area (Å²) in [6.45, 7) is 9.65. The molecule has 1 N–H and O–H groups in total. The van der Waals surface area contributed by atoms with E-state index in [9.17, 15) is 5.11 Å². The summed E-state index contributed by atoms with van der Waals surface area (Å²) in [5.74, 6) is 1.32. The Hall–Kier alpha value is -0.910. The second-order valence-electron chi connectivity index (χ2n) is 7.31. The second-order valence-corrected chi connectivity index (χ2v) is 7.31. The van der Waals surface area contributed by atoms with Gasteiger partial charge in [0.2, 0.25) is 0 Å². The van der Waals surface area contributed by atoms with Gasteiger partial charge in [0.05, 0.1) is 18.8 Å². The number of likely N-dealkylation sites (tertiary alicyclic amines) is 1. The van der Waals surface area contributed by atoms with Gasteiger partial charge in [-0.3, -0.25) is 4.90 Å². The summed E-state index contributed by atoms with van der Waals surface area (Å²) in [4.78, 5) is 7.04. The minimum Gasteiger partial charge on any atom is -0.390 e. The van der Waals surface area contributed by atoms with E-state index in [2.05, 4.69) is 34.5 Å². The lowest BCUT2D eigenvalue weighted by molar-refractivity contribution is -0.123. The normalized spacial score (nSPS) is 33.7. The Bertz CT molecular complexity index is 498. The van der Waals surface area contributed by atoms with Crippen LogP contribution >= 0.6 is 0 Å². The molecule has 2 aliphatic rings. The van der Waals surface area contributed by atoms with Gasteiger partial charge >= 0.3 is 0 Å². The van der Waals surface area contributed by atoms with Crippen LogP contribution < -0.4 is 0 Å². The molecule has 0 radical (unpaired) electrons. The van der Waals surface area contributed by atoms with Gasteiger partial charge in [0.15, 0.2) is 0 Å². The van der Waals surface area contributed by atoms with Crippen molar-refractivity contribution in [3.8, 4) is 0 Å². The lowest BCUT2D eigenvalue weighted by Gasteiger charge is -2.43. The number of ether oxygens (including phenoxy) is 1. The summed E-state index contributed by atoms with van der Waals surface area (Å²) in [7, 11) is 0. The molecule has 3 unspecified atom stereocenters. The fraction of sp³-hybridized carbons (Fsp3) is 0.824. The maximum atomic E-state index is 10.8. The average Bonchev–Trinajstić information content (AvgIpc) is 3.08. The summed E-state index contributed by atoms with van der Waals surface area (Å²) < 4.78 is 7.91. The highest BCUT2D eigenvalue weighted by Gasteiger charge is 2.44. The molecule has 5 heteroatoms. The summed E-state index contributed by atoms with van der Waals surface area (Å²) >= 11 is 0. The van der Waals surface area contributed by atoms with Crippen molar-refractivity contribution in [2.45, 2.75) is 64.3 Å². The minimum atomic E-state index is -0.612. The summed E-state index contributed by atoms with van der Waals surface area (Å²) in [6, 6.07) is 0.826. The van der Waals surface area contributed by atoms with Gasteiger partial charge in [0.25, 0.3) is 0 Å². The highest BCUT2D eigenvalue weighted by Crippen LogP contribution is 2.36. The molecule has 0 spiro atoms. The third-order valence-electron chi connectivity index (χ3n) is 5.38. The molecule has 1 aromatic rings. The predicted octanol–water partition coefficient (Wildman–Crippen LogP) is 2.22. The van der Waals surface area contributed by atoms with Crippen LogP contribution in [0.25, 0.3) is 0 Å². The molecule has 0 aliphatic carbocycles. The number of rotatable bonds is 4. The van der Waals surface area contributed by atoms with Crippen molar-refractivity contribution < 1.29 is 9.84 Å². The van der Waals surface area contributed by atoms with E-state index in [1.807, 2.05) is 13.1 Å². The molecule has 3 rings (SSSR count). The summed E-state index contributed by atoms with van der Waals surface area (Å²) in [6.07, 6.45) is 7.03. The summed E-state index contributed by atoms with van der Waals surface area (Å²) in [5.41, 5.74) is -0.612. The SMILES string of the molecule is CC(C)n1ccnc1CN1CCCC1C1COCCC1(C)O. The highest BCUT2D eigenvalue weighted by atomic mass is 16.5. The first-order chi connectivity index (χ1) is 10.5. The van der Waals surface area contributed by atoms with Crippen LogP contribution in [0.5, 0.6) is 0 Å². The Morgan fingerprint density at radius 1 is 1.50 bits per heavy atom. The molecule has 0 saturated carbocycles. The zero-order valence-electron chi connectivity index (χ0n) is 14.0. The molecule has 3 atom stereocenters. The van der Waals surface area contributed by atoms with E-state index in [-0.39, 0.29) is 5.92 Å². The lowest BCUT2D eigenvalue weighted by Crippen LogP contribution is -2.52. The first-order valence-corrected chi connectivity index (χ1v) is 8.55. The molecule has 5 nitrogen and oxygen atoms in total. The molecule has 2 aliphatic heterocycles. The van der Waals surface area contributed by atoms with E-state index < -0.39 is 5.60 Å². The largest absolute Gasteiger partial charge is 0.390 e. The number of aliphatic hydroxyl groups is 1. The quantitative estimate of drug-likeness (QED) is 0.926. The van der Waals surface area contributed by atoms with E-state index in [0.29, 0.717) is 25.3 Å². The van der Waals surface area contributed by atoms with Crippen molar-refractivity contribution in [2.75, 3.05) is 19.8 Å². The fourth-order valence-corrected chi connectivity index (χ4v) is 4.00. The number of hydrogen-bond donors (Lipinski definition) is 1. The number of hydrogen-bond acceptors (Lipinski definition) is 4. The molecule has 2 saturated heterocycles. The molecule has 1 aromatic heterocycles. The Balaban J connectivity index is 1.74. The summed E-state index contributed by atoms with van der Waals surface area (Å²) in [5, 5.41) is 10.8. The maximum absolute atomic E-state index is 10.8. The molecule has 3 heterocycles. The van der Waals surface area contributed by atoms with E-state index >= 15 is 0 Å². The van der Waals surface area contributed by atoms with Crippen LogP contribution in [-0.4, -0.2) is 51.0 Å². The molecule has 2 fully saturated rings. The first kappa shape index (κ1) is 16.0. The van der Waals surface area contributed by atoms with E-state index in [1.54, 1.807) is 0 Å². The van der Waals surface area contributed by atoms with Gasteiger partial charge in [-0.15, -0.1) is 0 Å². The number of nitrogens with zero attached hydrogens (tertiary/aromatic N) is 3. The van der Waals surface area contributed by atoms with Crippen molar-refractivity contribution in [2.24, 2.45) is 5.92 Å². The first-order valence-electron chi connectivity index (χ1n) is 8.55. The van der Waals surface area contributed by atoms with Gasteiger partial charge in [0.1, 0.15) is 5.82 Å². The van der Waals surface area contributed by atoms with Crippen LogP contribution in [0.15, 0.2) is 12.4 Å². The predicted molar refractivity (Wildman–Crippen MR) is 85.6 cm³/mol. The minimum absolute atomic E-state index is 0.200. The lowest BCUT2D eigenvalue weighted by atomic mass is 9.79. The number of imidazole rings is 1. The topological polar surface area (TPSA) is 50.5 Å². The van der Waals surface area contributed by atoms with E-state index in [1.165, 1.54) is 6.42 Å². The van der Waals surface area contributed by atoms with Crippen LogP contribution in [0, 0.1) is 5.92 Å². The Morgan fingerprint density at radius 3 is 3.05 bits per heavy atom. The van der Waals surface area contributed by atoms with Crippen LogP contribution in [0.1, 0.15) is 51.9 Å². The molecule has 0 bridgehead atoms. The maximum Gasteiger partial charge on any atom is 0.123 e. The van der Waals surface area contributed by atoms with Crippen molar-refractivity contribution in [3.63, 3.8) is 0 Å². The standard InChI is InChI=1S/C17H29N3O2/c1-13(2)20-9-7-18-16(20)11-19-8-4-5-15(19)14-12-22-10-6-17(14,3)21/h7,9,13-15,21H,4-6,8,10-12H2,1-3H3. The van der Waals surface area contributed by atoms with Crippen molar-refractivity contribution in [3.05, 3.63) is 18.2 Å². The monoisotopic (exact) mass is 307 g/mol. The van der Waals surface area contributed by atoms with Gasteiger partial charge in [-0.1, -0.05) is 0 Å². The Kier molecular flexibility index (Phi) is 4.57. The fourth-order valence-electron chi connectivity index (χ4n) is 4.00. The van der Waals surface area contributed by atoms with Crippen molar-refractivity contribution >= 4 is 0 Å². The van der Waals surface area contributed by atoms with Crippen molar-refractivity contribution in [1.29, 1.82) is 0 Å². The molecule has 0 aromatic carbocycles. The molecule has 124 valence electrons.